The number of thiocarbonyl (C=S) groups is 1. The van der Waals surface area contributed by atoms with Gasteiger partial charge in [0.25, 0.3) is 5.91 Å². The first kappa shape index (κ1) is 18.1. The van der Waals surface area contributed by atoms with Crippen LogP contribution in [0.25, 0.3) is 6.08 Å². The van der Waals surface area contributed by atoms with E-state index in [1.807, 2.05) is 30.3 Å². The van der Waals surface area contributed by atoms with E-state index in [1.54, 1.807) is 30.3 Å². The summed E-state index contributed by atoms with van der Waals surface area (Å²) in [5, 5.41) is 0.766. The largest absolute Gasteiger partial charge is 0.468 e. The van der Waals surface area contributed by atoms with Crippen molar-refractivity contribution < 1.29 is 14.3 Å². The summed E-state index contributed by atoms with van der Waals surface area (Å²) in [6.07, 6.45) is 1.70. The zero-order chi connectivity index (χ0) is 18.7. The van der Waals surface area contributed by atoms with Crippen molar-refractivity contribution in [2.24, 2.45) is 0 Å². The van der Waals surface area contributed by atoms with Crippen molar-refractivity contribution in [3.05, 3.63) is 70.9 Å². The number of nitrogens with zero attached hydrogens (tertiary/aromatic N) is 2. The third kappa shape index (κ3) is 3.61. The number of ether oxygens (including phenoxy) is 1. The Balaban J connectivity index is 2.03. The Kier molecular flexibility index (Phi) is 5.35. The Bertz CT molecular complexity index is 881. The van der Waals surface area contributed by atoms with Gasteiger partial charge < -0.3 is 9.64 Å². The van der Waals surface area contributed by atoms with Crippen LogP contribution >= 0.6 is 23.8 Å². The molecule has 5 nitrogen and oxygen atoms in total. The average Bonchev–Trinajstić information content (AvgIpc) is 2.87. The predicted octanol–water partition coefficient (Wildman–Crippen LogP) is 3.49. The van der Waals surface area contributed by atoms with Crippen LogP contribution in [0.4, 0.5) is 5.69 Å². The maximum Gasteiger partial charge on any atom is 0.325 e. The van der Waals surface area contributed by atoms with E-state index in [-0.39, 0.29) is 17.6 Å². The molecule has 132 valence electrons. The lowest BCUT2D eigenvalue weighted by Crippen LogP contribution is -2.35. The number of hydrogen-bond donors (Lipinski definition) is 0. The van der Waals surface area contributed by atoms with Crippen molar-refractivity contribution >= 4 is 52.6 Å². The molecule has 0 atom stereocenters. The Morgan fingerprint density at radius 3 is 2.42 bits per heavy atom. The molecule has 0 aromatic heterocycles. The number of hydrogen-bond acceptors (Lipinski definition) is 4. The molecule has 1 fully saturated rings. The summed E-state index contributed by atoms with van der Waals surface area (Å²) in [6.45, 7) is -0.149. The van der Waals surface area contributed by atoms with E-state index in [9.17, 15) is 9.59 Å². The van der Waals surface area contributed by atoms with Gasteiger partial charge in [-0.05, 0) is 48.1 Å². The molecule has 1 amide bonds. The van der Waals surface area contributed by atoms with Gasteiger partial charge in [-0.3, -0.25) is 14.5 Å². The topological polar surface area (TPSA) is 49.9 Å². The van der Waals surface area contributed by atoms with E-state index >= 15 is 0 Å². The van der Waals surface area contributed by atoms with Gasteiger partial charge in [0.1, 0.15) is 12.2 Å². The van der Waals surface area contributed by atoms with Crippen molar-refractivity contribution in [2.75, 3.05) is 18.6 Å². The number of anilines is 1. The first-order valence-electron chi connectivity index (χ1n) is 7.76. The van der Waals surface area contributed by atoms with Crippen LogP contribution in [0.2, 0.25) is 5.02 Å². The van der Waals surface area contributed by atoms with Crippen LogP contribution in [-0.4, -0.2) is 35.5 Å². The van der Waals surface area contributed by atoms with Crippen LogP contribution in [0.1, 0.15) is 5.56 Å². The highest BCUT2D eigenvalue weighted by molar-refractivity contribution is 7.80. The van der Waals surface area contributed by atoms with E-state index in [4.69, 9.17) is 28.6 Å². The van der Waals surface area contributed by atoms with Crippen LogP contribution in [0, 0.1) is 0 Å². The summed E-state index contributed by atoms with van der Waals surface area (Å²) < 4.78 is 4.74. The summed E-state index contributed by atoms with van der Waals surface area (Å²) in [5.41, 5.74) is 1.71. The zero-order valence-electron chi connectivity index (χ0n) is 13.9. The van der Waals surface area contributed by atoms with Gasteiger partial charge in [0.2, 0.25) is 0 Å². The van der Waals surface area contributed by atoms with E-state index in [0.717, 1.165) is 5.56 Å². The number of halogens is 1. The molecule has 2 aromatic rings. The Morgan fingerprint density at radius 2 is 1.81 bits per heavy atom. The SMILES string of the molecule is COC(=O)CN1C(=S)N(c2ccc(Cl)cc2)C(=O)/C1=C/c1ccccc1. The zero-order valence-corrected chi connectivity index (χ0v) is 15.5. The van der Waals surface area contributed by atoms with Crippen LogP contribution in [-0.2, 0) is 14.3 Å². The Morgan fingerprint density at radius 1 is 1.15 bits per heavy atom. The van der Waals surface area contributed by atoms with Gasteiger partial charge in [0.15, 0.2) is 5.11 Å². The lowest BCUT2D eigenvalue weighted by molar-refractivity contribution is -0.140. The molecule has 2 aromatic carbocycles. The third-order valence-electron chi connectivity index (χ3n) is 3.84. The standard InChI is InChI=1S/C19H15ClN2O3S/c1-25-17(23)12-21-16(11-13-5-3-2-4-6-13)18(24)22(19(21)26)15-9-7-14(20)8-10-15/h2-11H,12H2,1H3/b16-11-. The highest BCUT2D eigenvalue weighted by Gasteiger charge is 2.40. The number of esters is 1. The number of carbonyl (C=O) groups is 2. The lowest BCUT2D eigenvalue weighted by atomic mass is 10.2. The summed E-state index contributed by atoms with van der Waals surface area (Å²) in [5.74, 6) is -0.804. The normalized spacial score (nSPS) is 15.7. The van der Waals surface area contributed by atoms with E-state index in [0.29, 0.717) is 16.4 Å². The number of benzene rings is 2. The van der Waals surface area contributed by atoms with Gasteiger partial charge in [0.05, 0.1) is 12.8 Å². The minimum Gasteiger partial charge on any atom is -0.468 e. The molecule has 1 aliphatic heterocycles. The van der Waals surface area contributed by atoms with Crippen LogP contribution in [0.5, 0.6) is 0 Å². The fourth-order valence-electron chi connectivity index (χ4n) is 2.55. The van der Waals surface area contributed by atoms with Gasteiger partial charge in [0, 0.05) is 5.02 Å². The first-order chi connectivity index (χ1) is 12.5. The van der Waals surface area contributed by atoms with Crippen LogP contribution < -0.4 is 4.90 Å². The van der Waals surface area contributed by atoms with Crippen LogP contribution in [0.15, 0.2) is 60.3 Å². The number of methoxy groups -OCH3 is 1. The number of carbonyl (C=O) groups excluding carboxylic acids is 2. The van der Waals surface area contributed by atoms with Gasteiger partial charge in [-0.1, -0.05) is 41.9 Å². The quantitative estimate of drug-likeness (QED) is 0.457. The van der Waals surface area contributed by atoms with Crippen molar-refractivity contribution in [1.82, 2.24) is 4.90 Å². The smallest absolute Gasteiger partial charge is 0.325 e. The molecule has 26 heavy (non-hydrogen) atoms. The van der Waals surface area contributed by atoms with E-state index < -0.39 is 5.97 Å². The second-order valence-electron chi connectivity index (χ2n) is 5.50. The molecule has 7 heteroatoms. The molecule has 0 bridgehead atoms. The summed E-state index contributed by atoms with van der Waals surface area (Å²) in [6, 6.07) is 16.1. The summed E-state index contributed by atoms with van der Waals surface area (Å²) in [7, 11) is 1.29. The second kappa shape index (κ2) is 7.68. The van der Waals surface area contributed by atoms with Gasteiger partial charge >= 0.3 is 5.97 Å². The minimum atomic E-state index is -0.489. The average molecular weight is 387 g/mol. The number of rotatable bonds is 4. The maximum atomic E-state index is 13.0. The van der Waals surface area contributed by atoms with Crippen molar-refractivity contribution in [2.45, 2.75) is 0 Å². The van der Waals surface area contributed by atoms with Crippen molar-refractivity contribution in [3.63, 3.8) is 0 Å². The lowest BCUT2D eigenvalue weighted by Gasteiger charge is -2.19. The molecule has 0 aliphatic carbocycles. The highest BCUT2D eigenvalue weighted by Crippen LogP contribution is 2.29. The molecule has 0 radical (unpaired) electrons. The van der Waals surface area contributed by atoms with E-state index in [1.165, 1.54) is 16.9 Å². The molecule has 1 heterocycles. The fourth-order valence-corrected chi connectivity index (χ4v) is 3.03. The molecule has 0 N–H and O–H groups in total. The summed E-state index contributed by atoms with van der Waals surface area (Å²) >= 11 is 11.4. The number of amides is 1. The van der Waals surface area contributed by atoms with Gasteiger partial charge in [-0.25, -0.2) is 0 Å². The molecular formula is C19H15ClN2O3S. The summed E-state index contributed by atoms with van der Waals surface area (Å²) in [4.78, 5) is 27.7. The molecule has 0 saturated carbocycles. The maximum absolute atomic E-state index is 13.0. The molecule has 1 aliphatic rings. The fraction of sp³-hybridized carbons (Fsp3) is 0.105. The van der Waals surface area contributed by atoms with Gasteiger partial charge in [-0.15, -0.1) is 0 Å². The molecule has 3 rings (SSSR count). The molecular weight excluding hydrogens is 372 g/mol. The highest BCUT2D eigenvalue weighted by atomic mass is 35.5. The van der Waals surface area contributed by atoms with Crippen molar-refractivity contribution in [3.8, 4) is 0 Å². The van der Waals surface area contributed by atoms with Crippen molar-refractivity contribution in [1.29, 1.82) is 0 Å². The molecule has 0 spiro atoms. The van der Waals surface area contributed by atoms with E-state index in [2.05, 4.69) is 0 Å². The minimum absolute atomic E-state index is 0.149. The first-order valence-corrected chi connectivity index (χ1v) is 8.55. The van der Waals surface area contributed by atoms with Crippen LogP contribution in [0.3, 0.4) is 0 Å². The molecule has 1 saturated heterocycles. The molecule has 0 unspecified atom stereocenters. The second-order valence-corrected chi connectivity index (χ2v) is 6.30. The monoisotopic (exact) mass is 386 g/mol. The van der Waals surface area contributed by atoms with Gasteiger partial charge in [-0.2, -0.15) is 0 Å². The third-order valence-corrected chi connectivity index (χ3v) is 4.49. The Labute approximate surface area is 161 Å². The predicted molar refractivity (Wildman–Crippen MR) is 105 cm³/mol. The Hall–Kier alpha value is -2.70.